The average Bonchev–Trinajstić information content (AvgIpc) is 2.46. The molecule has 1 amide bonds. The molecule has 0 radical (unpaired) electrons. The maximum atomic E-state index is 12.2. The van der Waals surface area contributed by atoms with Crippen molar-refractivity contribution in [3.8, 4) is 0 Å². The van der Waals surface area contributed by atoms with Gasteiger partial charge in [0.1, 0.15) is 0 Å². The molecule has 1 heterocycles. The SMILES string of the molecule is COC1(CNC(=O)c2ccc3c(c2)CNCC3)CCC1. The lowest BCUT2D eigenvalue weighted by atomic mass is 9.80. The number of carbonyl (C=O) groups is 1. The van der Waals surface area contributed by atoms with E-state index in [4.69, 9.17) is 4.74 Å². The van der Waals surface area contributed by atoms with Gasteiger partial charge < -0.3 is 15.4 Å². The Hall–Kier alpha value is -1.39. The van der Waals surface area contributed by atoms with Crippen molar-refractivity contribution in [1.82, 2.24) is 10.6 Å². The molecular weight excluding hydrogens is 252 g/mol. The summed E-state index contributed by atoms with van der Waals surface area (Å²) in [6.45, 7) is 2.49. The van der Waals surface area contributed by atoms with Crippen LogP contribution < -0.4 is 10.6 Å². The van der Waals surface area contributed by atoms with E-state index in [1.807, 2.05) is 12.1 Å². The highest BCUT2D eigenvalue weighted by atomic mass is 16.5. The van der Waals surface area contributed by atoms with Crippen LogP contribution in [0, 0.1) is 0 Å². The Morgan fingerprint density at radius 1 is 1.40 bits per heavy atom. The molecule has 0 saturated heterocycles. The summed E-state index contributed by atoms with van der Waals surface area (Å²) in [5.41, 5.74) is 3.23. The topological polar surface area (TPSA) is 50.4 Å². The van der Waals surface area contributed by atoms with Crippen molar-refractivity contribution >= 4 is 5.91 Å². The maximum absolute atomic E-state index is 12.2. The zero-order valence-corrected chi connectivity index (χ0v) is 12.0. The lowest BCUT2D eigenvalue weighted by Crippen LogP contribution is -2.49. The normalized spacial score (nSPS) is 19.9. The van der Waals surface area contributed by atoms with Gasteiger partial charge in [-0.25, -0.2) is 0 Å². The van der Waals surface area contributed by atoms with Gasteiger partial charge in [-0.1, -0.05) is 6.07 Å². The minimum Gasteiger partial charge on any atom is -0.376 e. The van der Waals surface area contributed by atoms with E-state index in [1.54, 1.807) is 7.11 Å². The number of benzene rings is 1. The predicted octanol–water partition coefficient (Wildman–Crippen LogP) is 1.63. The first kappa shape index (κ1) is 13.6. The number of hydrogen-bond donors (Lipinski definition) is 2. The summed E-state index contributed by atoms with van der Waals surface area (Å²) in [5.74, 6) is 0.00157. The summed E-state index contributed by atoms with van der Waals surface area (Å²) < 4.78 is 5.53. The van der Waals surface area contributed by atoms with Crippen LogP contribution in [0.1, 0.15) is 40.7 Å². The van der Waals surface area contributed by atoms with Crippen LogP contribution in [0.25, 0.3) is 0 Å². The van der Waals surface area contributed by atoms with Crippen molar-refractivity contribution in [2.75, 3.05) is 20.2 Å². The molecule has 0 spiro atoms. The van der Waals surface area contributed by atoms with E-state index in [1.165, 1.54) is 17.5 Å². The van der Waals surface area contributed by atoms with Crippen LogP contribution in [0.2, 0.25) is 0 Å². The third-order valence-corrected chi connectivity index (χ3v) is 4.62. The lowest BCUT2D eigenvalue weighted by molar-refractivity contribution is -0.0679. The highest BCUT2D eigenvalue weighted by molar-refractivity contribution is 5.94. The van der Waals surface area contributed by atoms with E-state index in [9.17, 15) is 4.79 Å². The molecule has 20 heavy (non-hydrogen) atoms. The largest absolute Gasteiger partial charge is 0.376 e. The first-order valence-corrected chi connectivity index (χ1v) is 7.38. The van der Waals surface area contributed by atoms with Crippen LogP contribution in [-0.4, -0.2) is 31.7 Å². The molecule has 4 nitrogen and oxygen atoms in total. The van der Waals surface area contributed by atoms with E-state index in [0.717, 1.165) is 37.9 Å². The molecule has 3 rings (SSSR count). The summed E-state index contributed by atoms with van der Waals surface area (Å²) >= 11 is 0. The number of hydrogen-bond acceptors (Lipinski definition) is 3. The molecule has 1 aliphatic carbocycles. The van der Waals surface area contributed by atoms with Crippen molar-refractivity contribution in [3.05, 3.63) is 34.9 Å². The van der Waals surface area contributed by atoms with Gasteiger partial charge in [0.25, 0.3) is 5.91 Å². The summed E-state index contributed by atoms with van der Waals surface area (Å²) in [5, 5.41) is 6.35. The predicted molar refractivity (Wildman–Crippen MR) is 77.8 cm³/mol. The molecule has 0 bridgehead atoms. The Balaban J connectivity index is 1.65. The Morgan fingerprint density at radius 2 is 2.25 bits per heavy atom. The summed E-state index contributed by atoms with van der Waals surface area (Å²) in [4.78, 5) is 12.2. The lowest BCUT2D eigenvalue weighted by Gasteiger charge is -2.40. The molecule has 4 heteroatoms. The molecular formula is C16H22N2O2. The highest BCUT2D eigenvalue weighted by Crippen LogP contribution is 2.34. The molecule has 0 aromatic heterocycles. The van der Waals surface area contributed by atoms with Crippen molar-refractivity contribution in [1.29, 1.82) is 0 Å². The molecule has 1 aromatic rings. The number of rotatable bonds is 4. The molecule has 0 atom stereocenters. The van der Waals surface area contributed by atoms with Crippen LogP contribution >= 0.6 is 0 Å². The first-order chi connectivity index (χ1) is 9.72. The molecule has 2 N–H and O–H groups in total. The third-order valence-electron chi connectivity index (χ3n) is 4.62. The van der Waals surface area contributed by atoms with Crippen LogP contribution in [0.15, 0.2) is 18.2 Å². The van der Waals surface area contributed by atoms with Crippen LogP contribution in [0.3, 0.4) is 0 Å². The summed E-state index contributed by atoms with van der Waals surface area (Å²) in [6, 6.07) is 6.03. The zero-order chi connectivity index (χ0) is 14.0. The summed E-state index contributed by atoms with van der Waals surface area (Å²) in [7, 11) is 1.73. The molecule has 2 aliphatic rings. The van der Waals surface area contributed by atoms with Gasteiger partial charge in [0.2, 0.25) is 0 Å². The van der Waals surface area contributed by atoms with Crippen LogP contribution in [0.5, 0.6) is 0 Å². The Bertz CT molecular complexity index is 504. The van der Waals surface area contributed by atoms with Gasteiger partial charge in [-0.15, -0.1) is 0 Å². The van der Waals surface area contributed by atoms with Gasteiger partial charge in [0.05, 0.1) is 5.60 Å². The number of fused-ring (bicyclic) bond motifs is 1. The van der Waals surface area contributed by atoms with Crippen LogP contribution in [-0.2, 0) is 17.7 Å². The minimum atomic E-state index is -0.120. The number of nitrogens with one attached hydrogen (secondary N) is 2. The second-order valence-electron chi connectivity index (χ2n) is 5.83. The quantitative estimate of drug-likeness (QED) is 0.877. The average molecular weight is 274 g/mol. The van der Waals surface area contributed by atoms with Gasteiger partial charge in [-0.05, 0) is 55.5 Å². The van der Waals surface area contributed by atoms with Gasteiger partial charge in [0, 0.05) is 25.8 Å². The fourth-order valence-corrected chi connectivity index (χ4v) is 2.99. The van der Waals surface area contributed by atoms with E-state index >= 15 is 0 Å². The molecule has 0 unspecified atom stereocenters. The third kappa shape index (κ3) is 2.58. The number of ether oxygens (including phenoxy) is 1. The minimum absolute atomic E-state index is 0.00157. The number of amides is 1. The zero-order valence-electron chi connectivity index (χ0n) is 12.0. The highest BCUT2D eigenvalue weighted by Gasteiger charge is 2.37. The molecule has 108 valence electrons. The molecule has 1 aliphatic heterocycles. The van der Waals surface area contributed by atoms with Gasteiger partial charge in [-0.2, -0.15) is 0 Å². The van der Waals surface area contributed by atoms with Gasteiger partial charge >= 0.3 is 0 Å². The second-order valence-corrected chi connectivity index (χ2v) is 5.83. The molecule has 1 saturated carbocycles. The Morgan fingerprint density at radius 3 is 2.95 bits per heavy atom. The van der Waals surface area contributed by atoms with E-state index in [2.05, 4.69) is 16.7 Å². The fraction of sp³-hybridized carbons (Fsp3) is 0.562. The van der Waals surface area contributed by atoms with Crippen molar-refractivity contribution in [3.63, 3.8) is 0 Å². The second kappa shape index (κ2) is 5.54. The van der Waals surface area contributed by atoms with Crippen LogP contribution in [0.4, 0.5) is 0 Å². The summed E-state index contributed by atoms with van der Waals surface area (Å²) in [6.07, 6.45) is 4.31. The number of carbonyl (C=O) groups excluding carboxylic acids is 1. The Kier molecular flexibility index (Phi) is 3.76. The monoisotopic (exact) mass is 274 g/mol. The Labute approximate surface area is 119 Å². The maximum Gasteiger partial charge on any atom is 0.251 e. The van der Waals surface area contributed by atoms with E-state index < -0.39 is 0 Å². The molecule has 1 fully saturated rings. The first-order valence-electron chi connectivity index (χ1n) is 7.38. The van der Waals surface area contributed by atoms with Crippen molar-refractivity contribution in [2.45, 2.75) is 37.8 Å². The van der Waals surface area contributed by atoms with Crippen molar-refractivity contribution < 1.29 is 9.53 Å². The number of methoxy groups -OCH3 is 1. The molecule has 1 aromatic carbocycles. The van der Waals surface area contributed by atoms with Gasteiger partial charge in [0.15, 0.2) is 0 Å². The standard InChI is InChI=1S/C16H22N2O2/c1-20-16(6-2-7-16)11-18-15(19)13-4-3-12-5-8-17-10-14(12)9-13/h3-4,9,17H,2,5-8,10-11H2,1H3,(H,18,19). The fourth-order valence-electron chi connectivity index (χ4n) is 2.99. The smallest absolute Gasteiger partial charge is 0.251 e. The van der Waals surface area contributed by atoms with E-state index in [0.29, 0.717) is 6.54 Å². The van der Waals surface area contributed by atoms with Crippen molar-refractivity contribution in [2.24, 2.45) is 0 Å². The van der Waals surface area contributed by atoms with Gasteiger partial charge in [-0.3, -0.25) is 4.79 Å². The van der Waals surface area contributed by atoms with E-state index in [-0.39, 0.29) is 11.5 Å².